The predicted molar refractivity (Wildman–Crippen MR) is 93.9 cm³/mol. The molecule has 124 valence electrons. The molecule has 1 fully saturated rings. The summed E-state index contributed by atoms with van der Waals surface area (Å²) in [5.41, 5.74) is 6.30. The normalized spacial score (nSPS) is 20.2. The van der Waals surface area contributed by atoms with Crippen molar-refractivity contribution in [2.45, 2.75) is 24.3 Å². The number of carbonyl (C=O) groups excluding carboxylic acids is 2. The Morgan fingerprint density at radius 2 is 1.75 bits per heavy atom. The molecule has 2 aromatic carbocycles. The molecule has 2 amide bonds. The zero-order valence-electron chi connectivity index (χ0n) is 13.0. The lowest BCUT2D eigenvalue weighted by Crippen LogP contribution is -2.45. The van der Waals surface area contributed by atoms with Gasteiger partial charge in [-0.15, -0.1) is 0 Å². The van der Waals surface area contributed by atoms with Gasteiger partial charge in [0.2, 0.25) is 11.8 Å². The number of likely N-dealkylation sites (tertiary alicyclic amines) is 1. The minimum Gasteiger partial charge on any atom is -0.457 e. The molecule has 2 atom stereocenters. The standard InChI is InChI=1S/C18H18N2O3S/c19-18(22)17-15(24)10-16(21)20(17)11-12-6-8-14(9-7-12)23-13-4-2-1-3-5-13/h1-9,15,17,24H,10-11H2,(H2,19,22)/t15-,17-/m1/s1. The van der Waals surface area contributed by atoms with Crippen LogP contribution in [0.15, 0.2) is 54.6 Å². The van der Waals surface area contributed by atoms with Crippen molar-refractivity contribution in [2.75, 3.05) is 0 Å². The second kappa shape index (κ2) is 6.97. The van der Waals surface area contributed by atoms with Crippen LogP contribution in [0.4, 0.5) is 0 Å². The molecule has 0 spiro atoms. The molecular weight excluding hydrogens is 324 g/mol. The minimum atomic E-state index is -0.666. The Labute approximate surface area is 145 Å². The van der Waals surface area contributed by atoms with Crippen LogP contribution in [0.5, 0.6) is 11.5 Å². The van der Waals surface area contributed by atoms with Gasteiger partial charge in [0.05, 0.1) is 0 Å². The number of hydrogen-bond donors (Lipinski definition) is 2. The molecule has 0 aromatic heterocycles. The third kappa shape index (κ3) is 3.54. The molecule has 2 N–H and O–H groups in total. The number of para-hydroxylation sites is 1. The van der Waals surface area contributed by atoms with Gasteiger partial charge in [-0.25, -0.2) is 0 Å². The molecule has 0 aliphatic carbocycles. The third-order valence-electron chi connectivity index (χ3n) is 3.95. The van der Waals surface area contributed by atoms with Gasteiger partial charge >= 0.3 is 0 Å². The first kappa shape index (κ1) is 16.4. The molecule has 1 aliphatic heterocycles. The summed E-state index contributed by atoms with van der Waals surface area (Å²) < 4.78 is 5.73. The van der Waals surface area contributed by atoms with Gasteiger partial charge in [0.1, 0.15) is 17.5 Å². The number of nitrogens with zero attached hydrogens (tertiary/aromatic N) is 1. The van der Waals surface area contributed by atoms with Crippen LogP contribution in [-0.4, -0.2) is 28.0 Å². The smallest absolute Gasteiger partial charge is 0.241 e. The second-order valence-corrected chi connectivity index (χ2v) is 6.36. The van der Waals surface area contributed by atoms with Crippen LogP contribution in [0.25, 0.3) is 0 Å². The zero-order chi connectivity index (χ0) is 17.1. The summed E-state index contributed by atoms with van der Waals surface area (Å²) in [6.45, 7) is 0.328. The lowest BCUT2D eigenvalue weighted by molar-refractivity contribution is -0.134. The molecule has 24 heavy (non-hydrogen) atoms. The zero-order valence-corrected chi connectivity index (χ0v) is 13.9. The number of primary amides is 1. The van der Waals surface area contributed by atoms with Crippen molar-refractivity contribution >= 4 is 24.4 Å². The Balaban J connectivity index is 1.70. The Bertz CT molecular complexity index is 734. The van der Waals surface area contributed by atoms with Crippen molar-refractivity contribution in [1.82, 2.24) is 4.90 Å². The van der Waals surface area contributed by atoms with Crippen LogP contribution in [-0.2, 0) is 16.1 Å². The number of carbonyl (C=O) groups is 2. The van der Waals surface area contributed by atoms with E-state index < -0.39 is 11.9 Å². The SMILES string of the molecule is NC(=O)[C@H]1[C@H](S)CC(=O)N1Cc1ccc(Oc2ccccc2)cc1. The van der Waals surface area contributed by atoms with Crippen LogP contribution in [0.1, 0.15) is 12.0 Å². The highest BCUT2D eigenvalue weighted by Gasteiger charge is 2.41. The number of rotatable bonds is 5. The molecule has 5 nitrogen and oxygen atoms in total. The van der Waals surface area contributed by atoms with Crippen LogP contribution in [0, 0.1) is 0 Å². The largest absolute Gasteiger partial charge is 0.457 e. The van der Waals surface area contributed by atoms with Crippen molar-refractivity contribution in [3.8, 4) is 11.5 Å². The van der Waals surface area contributed by atoms with E-state index in [9.17, 15) is 9.59 Å². The molecule has 1 heterocycles. The number of hydrogen-bond acceptors (Lipinski definition) is 4. The molecule has 2 aromatic rings. The summed E-state index contributed by atoms with van der Waals surface area (Å²) in [7, 11) is 0. The number of thiol groups is 1. The highest BCUT2D eigenvalue weighted by molar-refractivity contribution is 7.81. The highest BCUT2D eigenvalue weighted by atomic mass is 32.1. The molecule has 0 radical (unpaired) electrons. The fourth-order valence-corrected chi connectivity index (χ4v) is 3.25. The summed E-state index contributed by atoms with van der Waals surface area (Å²) in [5, 5.41) is -0.351. The highest BCUT2D eigenvalue weighted by Crippen LogP contribution is 2.27. The van der Waals surface area contributed by atoms with Crippen molar-refractivity contribution in [1.29, 1.82) is 0 Å². The molecule has 1 saturated heterocycles. The van der Waals surface area contributed by atoms with Gasteiger partial charge < -0.3 is 15.4 Å². The molecule has 0 saturated carbocycles. The number of benzene rings is 2. The van der Waals surface area contributed by atoms with E-state index >= 15 is 0 Å². The molecule has 1 aliphatic rings. The Morgan fingerprint density at radius 3 is 2.38 bits per heavy atom. The number of ether oxygens (including phenoxy) is 1. The maximum absolute atomic E-state index is 12.1. The average molecular weight is 342 g/mol. The van der Waals surface area contributed by atoms with Gasteiger partial charge in [-0.05, 0) is 29.8 Å². The average Bonchev–Trinajstić information content (AvgIpc) is 2.84. The predicted octanol–water partition coefficient (Wildman–Crippen LogP) is 2.36. The van der Waals surface area contributed by atoms with Crippen LogP contribution < -0.4 is 10.5 Å². The topological polar surface area (TPSA) is 72.6 Å². The second-order valence-electron chi connectivity index (χ2n) is 5.70. The first-order valence-corrected chi connectivity index (χ1v) is 8.15. The van der Waals surface area contributed by atoms with E-state index in [2.05, 4.69) is 12.6 Å². The number of amides is 2. The van der Waals surface area contributed by atoms with Crippen molar-refractivity contribution in [3.05, 3.63) is 60.2 Å². The van der Waals surface area contributed by atoms with E-state index in [1.807, 2.05) is 54.6 Å². The lowest BCUT2D eigenvalue weighted by atomic mass is 10.1. The Hall–Kier alpha value is -2.47. The maximum Gasteiger partial charge on any atom is 0.241 e. The molecule has 0 unspecified atom stereocenters. The molecule has 0 bridgehead atoms. The Morgan fingerprint density at radius 1 is 1.12 bits per heavy atom. The summed E-state index contributed by atoms with van der Waals surface area (Å²) in [4.78, 5) is 25.1. The van der Waals surface area contributed by atoms with E-state index in [0.29, 0.717) is 12.3 Å². The van der Waals surface area contributed by atoms with E-state index in [4.69, 9.17) is 10.5 Å². The van der Waals surface area contributed by atoms with Crippen LogP contribution in [0.3, 0.4) is 0 Å². The Kier molecular flexibility index (Phi) is 4.76. The van der Waals surface area contributed by atoms with Crippen molar-refractivity contribution in [2.24, 2.45) is 5.73 Å². The summed E-state index contributed by atoms with van der Waals surface area (Å²) >= 11 is 4.30. The summed E-state index contributed by atoms with van der Waals surface area (Å²) in [5.74, 6) is 0.830. The molecule has 6 heteroatoms. The van der Waals surface area contributed by atoms with Gasteiger partial charge in [0.15, 0.2) is 0 Å². The fraction of sp³-hybridized carbons (Fsp3) is 0.222. The molecular formula is C18H18N2O3S. The lowest BCUT2D eigenvalue weighted by Gasteiger charge is -2.24. The first-order valence-electron chi connectivity index (χ1n) is 7.63. The summed E-state index contributed by atoms with van der Waals surface area (Å²) in [6, 6.07) is 16.2. The minimum absolute atomic E-state index is 0.108. The van der Waals surface area contributed by atoms with Gasteiger partial charge in [0.25, 0.3) is 0 Å². The van der Waals surface area contributed by atoms with Crippen LogP contribution in [0.2, 0.25) is 0 Å². The van der Waals surface area contributed by atoms with Crippen molar-refractivity contribution in [3.63, 3.8) is 0 Å². The van der Waals surface area contributed by atoms with E-state index in [-0.39, 0.29) is 17.6 Å². The van der Waals surface area contributed by atoms with Gasteiger partial charge in [-0.3, -0.25) is 9.59 Å². The fourth-order valence-electron chi connectivity index (χ4n) is 2.78. The van der Waals surface area contributed by atoms with E-state index in [1.165, 1.54) is 4.90 Å². The number of nitrogens with two attached hydrogens (primary N) is 1. The quantitative estimate of drug-likeness (QED) is 0.820. The third-order valence-corrected chi connectivity index (χ3v) is 4.42. The van der Waals surface area contributed by atoms with Gasteiger partial charge in [-0.1, -0.05) is 30.3 Å². The molecule has 3 rings (SSSR count). The maximum atomic E-state index is 12.1. The van der Waals surface area contributed by atoms with E-state index in [1.54, 1.807) is 0 Å². The monoisotopic (exact) mass is 342 g/mol. The van der Waals surface area contributed by atoms with E-state index in [0.717, 1.165) is 11.3 Å². The first-order chi connectivity index (χ1) is 11.5. The van der Waals surface area contributed by atoms with Crippen LogP contribution >= 0.6 is 12.6 Å². The van der Waals surface area contributed by atoms with Crippen molar-refractivity contribution < 1.29 is 14.3 Å². The summed E-state index contributed by atoms with van der Waals surface area (Å²) in [6.07, 6.45) is 0.228. The van der Waals surface area contributed by atoms with Gasteiger partial charge in [-0.2, -0.15) is 12.6 Å². The van der Waals surface area contributed by atoms with Gasteiger partial charge in [0, 0.05) is 18.2 Å².